The lowest BCUT2D eigenvalue weighted by Gasteiger charge is -2.04. The fourth-order valence-corrected chi connectivity index (χ4v) is 1.90. The van der Waals surface area contributed by atoms with E-state index in [2.05, 4.69) is 38.1 Å². The average Bonchev–Trinajstić information content (AvgIpc) is 2.72. The number of nitrogens with one attached hydrogen (secondary N) is 1. The van der Waals surface area contributed by atoms with Crippen molar-refractivity contribution < 1.29 is 4.79 Å². The van der Waals surface area contributed by atoms with Crippen molar-refractivity contribution in [3.63, 3.8) is 0 Å². The van der Waals surface area contributed by atoms with Gasteiger partial charge in [0.1, 0.15) is 6.33 Å². The summed E-state index contributed by atoms with van der Waals surface area (Å²) in [7, 11) is 1.84. The summed E-state index contributed by atoms with van der Waals surface area (Å²) in [5.74, 6) is 0.621. The molecule has 0 aliphatic heterocycles. The molecule has 1 heterocycles. The van der Waals surface area contributed by atoms with Gasteiger partial charge in [-0.15, -0.1) is 10.2 Å². The Labute approximate surface area is 112 Å². The van der Waals surface area contributed by atoms with E-state index in [9.17, 15) is 4.79 Å². The van der Waals surface area contributed by atoms with Gasteiger partial charge in [-0.25, -0.2) is 0 Å². The molecule has 17 heavy (non-hydrogen) atoms. The van der Waals surface area contributed by atoms with E-state index in [0.717, 1.165) is 9.39 Å². The highest BCUT2D eigenvalue weighted by Crippen LogP contribution is 2.07. The second-order valence-corrected chi connectivity index (χ2v) is 4.80. The van der Waals surface area contributed by atoms with Gasteiger partial charge in [-0.3, -0.25) is 4.79 Å². The van der Waals surface area contributed by atoms with Gasteiger partial charge in [-0.1, -0.05) is 6.07 Å². The van der Waals surface area contributed by atoms with Gasteiger partial charge in [-0.2, -0.15) is 0 Å². The molecule has 0 aliphatic rings. The zero-order chi connectivity index (χ0) is 12.3. The first kappa shape index (κ1) is 12.0. The number of hydrogen-bond acceptors (Lipinski definition) is 3. The zero-order valence-corrected chi connectivity index (χ0v) is 11.4. The molecule has 2 aromatic rings. The number of halogens is 1. The third-order valence-electron chi connectivity index (χ3n) is 2.30. The van der Waals surface area contributed by atoms with Crippen LogP contribution in [0.2, 0.25) is 0 Å². The van der Waals surface area contributed by atoms with E-state index in [4.69, 9.17) is 0 Å². The number of aromatic nitrogens is 3. The highest BCUT2D eigenvalue weighted by atomic mass is 127. The van der Waals surface area contributed by atoms with Crippen molar-refractivity contribution in [1.29, 1.82) is 0 Å². The van der Waals surface area contributed by atoms with Crippen LogP contribution in [-0.4, -0.2) is 20.7 Å². The maximum atomic E-state index is 11.8. The molecule has 0 aliphatic carbocycles. The van der Waals surface area contributed by atoms with Crippen molar-refractivity contribution in [2.45, 2.75) is 6.54 Å². The van der Waals surface area contributed by atoms with Gasteiger partial charge in [-0.05, 0) is 40.8 Å². The summed E-state index contributed by atoms with van der Waals surface area (Å²) in [5.41, 5.74) is 0.652. The van der Waals surface area contributed by atoms with Crippen LogP contribution >= 0.6 is 22.6 Å². The number of amides is 1. The maximum Gasteiger partial charge on any atom is 0.251 e. The van der Waals surface area contributed by atoms with Gasteiger partial charge < -0.3 is 9.88 Å². The molecule has 2 rings (SSSR count). The molecule has 6 heteroatoms. The molecule has 0 fully saturated rings. The third-order valence-corrected chi connectivity index (χ3v) is 2.97. The number of aryl methyl sites for hydroxylation is 1. The first-order valence-electron chi connectivity index (χ1n) is 5.03. The minimum absolute atomic E-state index is 0.105. The van der Waals surface area contributed by atoms with E-state index < -0.39 is 0 Å². The van der Waals surface area contributed by atoms with Crippen LogP contribution in [0.1, 0.15) is 16.2 Å². The summed E-state index contributed by atoms with van der Waals surface area (Å²) in [6.45, 7) is 0.376. The predicted molar refractivity (Wildman–Crippen MR) is 71.3 cm³/mol. The van der Waals surface area contributed by atoms with Crippen LogP contribution in [0.4, 0.5) is 0 Å². The number of hydrogen-bond donors (Lipinski definition) is 1. The normalized spacial score (nSPS) is 10.2. The molecule has 0 bridgehead atoms. The van der Waals surface area contributed by atoms with Crippen molar-refractivity contribution in [3.05, 3.63) is 45.6 Å². The Morgan fingerprint density at radius 3 is 3.00 bits per heavy atom. The van der Waals surface area contributed by atoms with Crippen LogP contribution in [0.5, 0.6) is 0 Å². The molecule has 0 radical (unpaired) electrons. The number of benzene rings is 1. The Kier molecular flexibility index (Phi) is 3.72. The van der Waals surface area contributed by atoms with Gasteiger partial charge in [0.25, 0.3) is 5.91 Å². The monoisotopic (exact) mass is 342 g/mol. The third kappa shape index (κ3) is 3.02. The second kappa shape index (κ2) is 5.26. The van der Waals surface area contributed by atoms with Crippen molar-refractivity contribution >= 4 is 28.5 Å². The Morgan fingerprint density at radius 1 is 1.53 bits per heavy atom. The van der Waals surface area contributed by atoms with Crippen LogP contribution in [0.15, 0.2) is 30.6 Å². The summed E-state index contributed by atoms with van der Waals surface area (Å²) in [6, 6.07) is 7.43. The van der Waals surface area contributed by atoms with E-state index in [1.807, 2.05) is 25.2 Å². The smallest absolute Gasteiger partial charge is 0.251 e. The summed E-state index contributed by atoms with van der Waals surface area (Å²) in [5, 5.41) is 10.4. The molecule has 1 aromatic heterocycles. The molecular weight excluding hydrogens is 331 g/mol. The van der Waals surface area contributed by atoms with Crippen LogP contribution in [0.25, 0.3) is 0 Å². The number of rotatable bonds is 3. The van der Waals surface area contributed by atoms with Gasteiger partial charge in [0, 0.05) is 16.2 Å². The summed E-state index contributed by atoms with van der Waals surface area (Å²) in [4.78, 5) is 11.8. The van der Waals surface area contributed by atoms with Crippen LogP contribution < -0.4 is 5.32 Å². The summed E-state index contributed by atoms with van der Waals surface area (Å²) in [6.07, 6.45) is 1.60. The first-order valence-corrected chi connectivity index (χ1v) is 6.11. The molecule has 1 aromatic carbocycles. The SMILES string of the molecule is Cn1cnnc1CNC(=O)c1cccc(I)c1. The van der Waals surface area contributed by atoms with E-state index >= 15 is 0 Å². The standard InChI is InChI=1S/C11H11IN4O/c1-16-7-14-15-10(16)6-13-11(17)8-3-2-4-9(12)5-8/h2-5,7H,6H2,1H3,(H,13,17). The molecule has 0 saturated heterocycles. The van der Waals surface area contributed by atoms with Crippen LogP contribution in [-0.2, 0) is 13.6 Å². The quantitative estimate of drug-likeness (QED) is 0.857. The summed E-state index contributed by atoms with van der Waals surface area (Å²) < 4.78 is 2.81. The highest BCUT2D eigenvalue weighted by molar-refractivity contribution is 14.1. The molecule has 0 atom stereocenters. The van der Waals surface area contributed by atoms with Crippen LogP contribution in [0, 0.1) is 3.57 Å². The van der Waals surface area contributed by atoms with Gasteiger partial charge in [0.05, 0.1) is 6.54 Å². The molecule has 0 saturated carbocycles. The molecule has 0 spiro atoms. The number of carbonyl (C=O) groups is 1. The maximum absolute atomic E-state index is 11.8. The zero-order valence-electron chi connectivity index (χ0n) is 9.22. The molecule has 1 N–H and O–H groups in total. The molecule has 5 nitrogen and oxygen atoms in total. The van der Waals surface area contributed by atoms with Gasteiger partial charge in [0.2, 0.25) is 0 Å². The Hall–Kier alpha value is -1.44. The molecular formula is C11H11IN4O. The molecule has 1 amide bonds. The van der Waals surface area contributed by atoms with Crippen LogP contribution in [0.3, 0.4) is 0 Å². The topological polar surface area (TPSA) is 59.8 Å². The van der Waals surface area contributed by atoms with Gasteiger partial charge in [0.15, 0.2) is 5.82 Å². The van der Waals surface area contributed by atoms with Crippen molar-refractivity contribution in [2.24, 2.45) is 7.05 Å². The largest absolute Gasteiger partial charge is 0.345 e. The lowest BCUT2D eigenvalue weighted by atomic mass is 10.2. The molecule has 88 valence electrons. The van der Waals surface area contributed by atoms with E-state index in [0.29, 0.717) is 12.1 Å². The lowest BCUT2D eigenvalue weighted by molar-refractivity contribution is 0.0949. The van der Waals surface area contributed by atoms with E-state index in [-0.39, 0.29) is 5.91 Å². The first-order chi connectivity index (χ1) is 8.16. The molecule has 0 unspecified atom stereocenters. The highest BCUT2D eigenvalue weighted by Gasteiger charge is 2.07. The van der Waals surface area contributed by atoms with Gasteiger partial charge >= 0.3 is 0 Å². The lowest BCUT2D eigenvalue weighted by Crippen LogP contribution is -2.24. The van der Waals surface area contributed by atoms with Crippen molar-refractivity contribution in [3.8, 4) is 0 Å². The minimum atomic E-state index is -0.105. The Bertz CT molecular complexity index is 538. The number of nitrogens with zero attached hydrogens (tertiary/aromatic N) is 3. The van der Waals surface area contributed by atoms with Crippen molar-refractivity contribution in [1.82, 2.24) is 20.1 Å². The summed E-state index contributed by atoms with van der Waals surface area (Å²) >= 11 is 2.18. The Balaban J connectivity index is 2.01. The van der Waals surface area contributed by atoms with Crippen molar-refractivity contribution in [2.75, 3.05) is 0 Å². The van der Waals surface area contributed by atoms with E-state index in [1.54, 1.807) is 17.0 Å². The Morgan fingerprint density at radius 2 is 2.35 bits per heavy atom. The second-order valence-electron chi connectivity index (χ2n) is 3.55. The van der Waals surface area contributed by atoms with E-state index in [1.165, 1.54) is 0 Å². The average molecular weight is 342 g/mol. The fraction of sp³-hybridized carbons (Fsp3) is 0.182. The minimum Gasteiger partial charge on any atom is -0.345 e. The predicted octanol–water partition coefficient (Wildman–Crippen LogP) is 1.35. The fourth-order valence-electron chi connectivity index (χ4n) is 1.36. The number of carbonyl (C=O) groups excluding carboxylic acids is 1.